The maximum atomic E-state index is 13.6. The molecule has 0 spiro atoms. The molecule has 16 heteroatoms. The SMILES string of the molecule is C[C@@]1(CN2CCNCC2)CCC(c2ccc(Cl)cc2)=C(CN2CCN(c3ccc(C(=O)NS(=O)(=O)c4ccc(N[C@H](CCN5CC6CCC5C6)CSc5ccccc5)c([N+](=O)[O-])c4)cc3)CC2)C1. The van der Waals surface area contributed by atoms with Crippen LogP contribution in [0.3, 0.4) is 0 Å². The molecule has 5 aliphatic rings. The third-order valence-electron chi connectivity index (χ3n) is 14.9. The lowest BCUT2D eigenvalue weighted by Crippen LogP contribution is -2.49. The number of carbonyl (C=O) groups excluding carboxylic acids is 1. The summed E-state index contributed by atoms with van der Waals surface area (Å²) in [5.41, 5.74) is 5.48. The van der Waals surface area contributed by atoms with Crippen molar-refractivity contribution in [2.45, 2.75) is 73.7 Å². The van der Waals surface area contributed by atoms with E-state index in [0.717, 1.165) is 132 Å². The molecule has 3 heterocycles. The van der Waals surface area contributed by atoms with E-state index in [2.05, 4.69) is 54.0 Å². The Kier molecular flexibility index (Phi) is 15.5. The van der Waals surface area contributed by atoms with Gasteiger partial charge in [0.2, 0.25) is 0 Å². The number of allylic oxidation sites excluding steroid dienone is 1. The summed E-state index contributed by atoms with van der Waals surface area (Å²) in [7, 11) is -4.44. The molecule has 3 aliphatic heterocycles. The van der Waals surface area contributed by atoms with Crippen molar-refractivity contribution < 1.29 is 18.1 Å². The van der Waals surface area contributed by atoms with Crippen molar-refractivity contribution >= 4 is 61.9 Å². The fraction of sp³-hybridized carbons (Fsp3) is 0.481. The van der Waals surface area contributed by atoms with Crippen LogP contribution < -0.4 is 20.3 Å². The molecule has 0 radical (unpaired) electrons. The van der Waals surface area contributed by atoms with E-state index in [4.69, 9.17) is 11.6 Å². The number of nitrogens with one attached hydrogen (secondary N) is 3. The summed E-state index contributed by atoms with van der Waals surface area (Å²) >= 11 is 7.99. The molecule has 2 aliphatic carbocycles. The van der Waals surface area contributed by atoms with Crippen LogP contribution in [0.15, 0.2) is 112 Å². The molecule has 2 bridgehead atoms. The number of piperazine rings is 2. The molecular weight excluding hydrogens is 916 g/mol. The lowest BCUT2D eigenvalue weighted by Gasteiger charge is -2.43. The lowest BCUT2D eigenvalue weighted by molar-refractivity contribution is -0.384. The second kappa shape index (κ2) is 21.7. The van der Waals surface area contributed by atoms with Crippen molar-refractivity contribution in [3.05, 3.63) is 129 Å². The monoisotopic (exact) mass is 980 g/mol. The van der Waals surface area contributed by atoms with E-state index >= 15 is 0 Å². The van der Waals surface area contributed by atoms with Crippen LogP contribution >= 0.6 is 23.4 Å². The van der Waals surface area contributed by atoms with Crippen molar-refractivity contribution in [1.29, 1.82) is 0 Å². The normalized spacial score (nSPS) is 23.2. The largest absolute Gasteiger partial charge is 0.376 e. The summed E-state index contributed by atoms with van der Waals surface area (Å²) in [6.07, 6.45) is 7.85. The number of thioether (sulfide) groups is 1. The maximum Gasteiger partial charge on any atom is 0.293 e. The molecule has 13 nitrogen and oxygen atoms in total. The van der Waals surface area contributed by atoms with Gasteiger partial charge in [-0.2, -0.15) is 0 Å². The van der Waals surface area contributed by atoms with Crippen LogP contribution in [0, 0.1) is 21.4 Å². The van der Waals surface area contributed by atoms with E-state index in [1.54, 1.807) is 23.9 Å². The number of fused-ring (bicyclic) bond motifs is 2. The molecule has 362 valence electrons. The Morgan fingerprint density at radius 1 is 0.941 bits per heavy atom. The predicted octanol–water partition coefficient (Wildman–Crippen LogP) is 8.49. The number of benzene rings is 4. The van der Waals surface area contributed by atoms with Crippen molar-refractivity contribution in [2.75, 3.05) is 94.5 Å². The average molecular weight is 982 g/mol. The third-order valence-corrected chi connectivity index (χ3v) is 17.6. The van der Waals surface area contributed by atoms with E-state index in [-0.39, 0.29) is 33.3 Å². The number of hydrogen-bond acceptors (Lipinski definition) is 12. The summed E-state index contributed by atoms with van der Waals surface area (Å²) in [6, 6.07) is 29.7. The molecule has 1 amide bonds. The third kappa shape index (κ3) is 12.1. The first-order chi connectivity index (χ1) is 32.9. The van der Waals surface area contributed by atoms with Crippen LogP contribution in [0.4, 0.5) is 17.1 Å². The van der Waals surface area contributed by atoms with Gasteiger partial charge < -0.3 is 25.3 Å². The molecular formula is C52H65ClN8O5S2. The van der Waals surface area contributed by atoms with E-state index in [1.165, 1.54) is 48.1 Å². The van der Waals surface area contributed by atoms with Crippen LogP contribution in [-0.2, 0) is 10.0 Å². The molecule has 0 aromatic heterocycles. The highest BCUT2D eigenvalue weighted by molar-refractivity contribution is 7.99. The fourth-order valence-corrected chi connectivity index (χ4v) is 13.3. The number of nitro benzene ring substituents is 1. The minimum Gasteiger partial charge on any atom is -0.376 e. The fourth-order valence-electron chi connectivity index (χ4n) is 11.2. The standard InChI is InChI=1S/C52H65ClN8O5S2/c1-52(37-58-25-22-54-23-26-58)21-19-48(39-8-12-42(53)13-9-39)41(33-52)35-57-27-29-59(30-28-57)44-15-10-40(11-16-44)51(62)56-68(65,66)47-17-18-49(50(32-47)61(63)64)55-43(36-67-46-5-3-2-4-6-46)20-24-60-34-38-7-14-45(60)31-38/h2-6,8-13,15-18,32,38,43,45,54-55H,7,14,19-31,33-37H2,1H3,(H,56,62)/t38?,43-,45?,52-/m1/s1. The molecule has 3 N–H and O–H groups in total. The summed E-state index contributed by atoms with van der Waals surface area (Å²) in [4.78, 5) is 36.1. The Balaban J connectivity index is 0.811. The number of rotatable bonds is 18. The van der Waals surface area contributed by atoms with Gasteiger partial charge >= 0.3 is 0 Å². The lowest BCUT2D eigenvalue weighted by atomic mass is 9.71. The van der Waals surface area contributed by atoms with Gasteiger partial charge in [0.25, 0.3) is 21.6 Å². The Hall–Kier alpha value is -4.48. The summed E-state index contributed by atoms with van der Waals surface area (Å²) in [5.74, 6) is 0.640. The van der Waals surface area contributed by atoms with Gasteiger partial charge in [0.1, 0.15) is 5.69 Å². The Bertz CT molecular complexity index is 2540. The number of nitrogens with zero attached hydrogens (tertiary/aromatic N) is 5. The van der Waals surface area contributed by atoms with Crippen LogP contribution in [0.5, 0.6) is 0 Å². The van der Waals surface area contributed by atoms with Crippen LogP contribution in [0.1, 0.15) is 67.8 Å². The van der Waals surface area contributed by atoms with Gasteiger partial charge in [-0.1, -0.05) is 54.4 Å². The Labute approximate surface area is 411 Å². The quantitative estimate of drug-likeness (QED) is 0.0500. The zero-order chi connectivity index (χ0) is 47.3. The summed E-state index contributed by atoms with van der Waals surface area (Å²) in [6.45, 7) is 14.2. The number of piperidine rings is 1. The van der Waals surface area contributed by atoms with Gasteiger partial charge in [0.15, 0.2) is 0 Å². The number of amides is 1. The molecule has 3 saturated heterocycles. The first-order valence-electron chi connectivity index (χ1n) is 24.4. The first-order valence-corrected chi connectivity index (χ1v) is 27.2. The molecule has 2 unspecified atom stereocenters. The second-order valence-electron chi connectivity index (χ2n) is 19.9. The number of sulfonamides is 1. The molecule has 4 aromatic carbocycles. The highest BCUT2D eigenvalue weighted by Gasteiger charge is 2.38. The Morgan fingerprint density at radius 2 is 1.69 bits per heavy atom. The maximum absolute atomic E-state index is 13.6. The molecule has 4 aromatic rings. The van der Waals surface area contributed by atoms with Crippen molar-refractivity contribution in [3.8, 4) is 0 Å². The predicted molar refractivity (Wildman–Crippen MR) is 274 cm³/mol. The minimum atomic E-state index is -4.44. The number of carbonyl (C=O) groups is 1. The van der Waals surface area contributed by atoms with Crippen molar-refractivity contribution in [1.82, 2.24) is 24.7 Å². The summed E-state index contributed by atoms with van der Waals surface area (Å²) < 4.78 is 29.4. The Morgan fingerprint density at radius 3 is 2.38 bits per heavy atom. The van der Waals surface area contributed by atoms with Crippen LogP contribution in [0.2, 0.25) is 5.02 Å². The number of nitro groups is 1. The number of halogens is 1. The minimum absolute atomic E-state index is 0.107. The number of anilines is 2. The zero-order valence-electron chi connectivity index (χ0n) is 39.1. The highest BCUT2D eigenvalue weighted by atomic mass is 35.5. The van der Waals surface area contributed by atoms with Gasteiger partial charge in [0.05, 0.1) is 9.82 Å². The van der Waals surface area contributed by atoms with E-state index in [9.17, 15) is 23.3 Å². The van der Waals surface area contributed by atoms with E-state index in [1.807, 2.05) is 54.6 Å². The molecule has 68 heavy (non-hydrogen) atoms. The smallest absolute Gasteiger partial charge is 0.293 e. The van der Waals surface area contributed by atoms with Crippen LogP contribution in [-0.4, -0.2) is 130 Å². The second-order valence-corrected chi connectivity index (χ2v) is 23.1. The molecule has 1 saturated carbocycles. The number of likely N-dealkylation sites (tertiary alicyclic amines) is 1. The first kappa shape index (κ1) is 48.5. The van der Waals surface area contributed by atoms with Crippen LogP contribution in [0.25, 0.3) is 5.57 Å². The van der Waals surface area contributed by atoms with E-state index < -0.39 is 20.9 Å². The van der Waals surface area contributed by atoms with Gasteiger partial charge in [0, 0.05) is 124 Å². The van der Waals surface area contributed by atoms with Crippen molar-refractivity contribution in [3.63, 3.8) is 0 Å². The van der Waals surface area contributed by atoms with Gasteiger partial charge in [-0.05, 0) is 128 Å². The van der Waals surface area contributed by atoms with E-state index in [0.29, 0.717) is 11.8 Å². The number of hydrogen-bond donors (Lipinski definition) is 3. The molecule has 4 fully saturated rings. The topological polar surface area (TPSA) is 143 Å². The average Bonchev–Trinajstić information content (AvgIpc) is 3.98. The zero-order valence-corrected chi connectivity index (χ0v) is 41.5. The summed E-state index contributed by atoms with van der Waals surface area (Å²) in [5, 5.41) is 20.1. The highest BCUT2D eigenvalue weighted by Crippen LogP contribution is 2.44. The molecule has 4 atom stereocenters. The van der Waals surface area contributed by atoms with Gasteiger partial charge in [-0.15, -0.1) is 11.8 Å². The van der Waals surface area contributed by atoms with Crippen molar-refractivity contribution in [2.24, 2.45) is 11.3 Å². The van der Waals surface area contributed by atoms with Gasteiger partial charge in [-0.3, -0.25) is 19.8 Å². The van der Waals surface area contributed by atoms with Gasteiger partial charge in [-0.25, -0.2) is 13.1 Å². The molecule has 9 rings (SSSR count).